The fourth-order valence-corrected chi connectivity index (χ4v) is 4.36. The summed E-state index contributed by atoms with van der Waals surface area (Å²) in [6.07, 6.45) is 6.52. The summed E-state index contributed by atoms with van der Waals surface area (Å²) < 4.78 is 10.3. The molecule has 0 N–H and O–H groups in total. The quantitative estimate of drug-likeness (QED) is 0.708. The number of carbonyl (C=O) groups is 2. The van der Waals surface area contributed by atoms with E-state index in [9.17, 15) is 9.59 Å². The Morgan fingerprint density at radius 2 is 1.68 bits per heavy atom. The Labute approximate surface area is 168 Å². The van der Waals surface area contributed by atoms with Crippen molar-refractivity contribution in [2.24, 2.45) is 11.8 Å². The van der Waals surface area contributed by atoms with Crippen LogP contribution in [0.1, 0.15) is 67.9 Å². The zero-order valence-corrected chi connectivity index (χ0v) is 17.6. The molecule has 0 radical (unpaired) electrons. The summed E-state index contributed by atoms with van der Waals surface area (Å²) in [4.78, 5) is 25.7. The van der Waals surface area contributed by atoms with Gasteiger partial charge in [-0.1, -0.05) is 12.5 Å². The average molecular weight is 388 g/mol. The molecule has 2 aliphatic rings. The number of amides is 1. The predicted molar refractivity (Wildman–Crippen MR) is 108 cm³/mol. The molecule has 1 aromatic rings. The topological polar surface area (TPSA) is 55.8 Å². The molecule has 1 heterocycles. The number of hydrogen-bond acceptors (Lipinski definition) is 4. The molecule has 1 saturated heterocycles. The number of nitrogens with zero attached hydrogens (tertiary/aromatic N) is 1. The molecule has 0 saturated carbocycles. The summed E-state index contributed by atoms with van der Waals surface area (Å²) in [5.74, 6) is 1.09. The zero-order valence-electron chi connectivity index (χ0n) is 17.6. The summed E-state index contributed by atoms with van der Waals surface area (Å²) in [5, 5.41) is 0. The van der Waals surface area contributed by atoms with E-state index in [1.807, 2.05) is 37.8 Å². The van der Waals surface area contributed by atoms with Gasteiger partial charge in [-0.3, -0.25) is 0 Å². The summed E-state index contributed by atoms with van der Waals surface area (Å²) in [7, 11) is 1.42. The third-order valence-corrected chi connectivity index (χ3v) is 5.89. The van der Waals surface area contributed by atoms with Crippen LogP contribution in [-0.4, -0.2) is 42.8 Å². The second-order valence-corrected chi connectivity index (χ2v) is 9.24. The molecule has 0 bridgehead atoms. The molecule has 1 amide bonds. The van der Waals surface area contributed by atoms with Gasteiger partial charge in [-0.25, -0.2) is 9.59 Å². The minimum atomic E-state index is -0.431. The minimum Gasteiger partial charge on any atom is -0.465 e. The number of hydrogen-bond donors (Lipinski definition) is 0. The number of methoxy groups -OCH3 is 1. The number of esters is 1. The molecule has 5 heteroatoms. The number of likely N-dealkylation sites (tertiary alicyclic amines) is 1. The van der Waals surface area contributed by atoms with Crippen molar-refractivity contribution in [2.75, 3.05) is 20.2 Å². The highest BCUT2D eigenvalue weighted by atomic mass is 16.6. The molecule has 0 aromatic heterocycles. The Balaban J connectivity index is 1.43. The van der Waals surface area contributed by atoms with E-state index in [4.69, 9.17) is 9.47 Å². The van der Waals surface area contributed by atoms with E-state index in [0.717, 1.165) is 38.8 Å². The maximum Gasteiger partial charge on any atom is 0.410 e. The molecule has 3 rings (SSSR count). The van der Waals surface area contributed by atoms with Gasteiger partial charge in [0.2, 0.25) is 0 Å². The Bertz CT molecular complexity index is 714. The van der Waals surface area contributed by atoms with Gasteiger partial charge >= 0.3 is 12.1 Å². The van der Waals surface area contributed by atoms with Crippen LogP contribution in [0.5, 0.6) is 0 Å². The molecule has 154 valence electrons. The van der Waals surface area contributed by atoms with Gasteiger partial charge in [-0.15, -0.1) is 0 Å². The standard InChI is InChI=1S/C23H33NO4/c1-23(2,3)28-22(26)24-11-9-16(10-12-24)5-6-17-13-18-7-8-19(21(25)27-4)15-20(18)14-17/h7-8,15-17H,5-6,9-14H2,1-4H3. The lowest BCUT2D eigenvalue weighted by Gasteiger charge is -2.33. The SMILES string of the molecule is COC(=O)c1ccc2c(c1)CC(CCC1CCN(C(=O)OC(C)(C)C)CC1)C2. The van der Waals surface area contributed by atoms with Crippen molar-refractivity contribution in [3.05, 3.63) is 34.9 Å². The first-order valence-corrected chi connectivity index (χ1v) is 10.4. The van der Waals surface area contributed by atoms with Crippen molar-refractivity contribution in [2.45, 2.75) is 64.9 Å². The van der Waals surface area contributed by atoms with Crippen molar-refractivity contribution in [3.63, 3.8) is 0 Å². The second kappa shape index (κ2) is 8.54. The van der Waals surface area contributed by atoms with E-state index >= 15 is 0 Å². The zero-order chi connectivity index (χ0) is 20.3. The van der Waals surface area contributed by atoms with E-state index in [0.29, 0.717) is 17.4 Å². The lowest BCUT2D eigenvalue weighted by atomic mass is 9.88. The molecule has 1 aliphatic carbocycles. The van der Waals surface area contributed by atoms with Gasteiger partial charge in [0.25, 0.3) is 0 Å². The Morgan fingerprint density at radius 3 is 2.32 bits per heavy atom. The maximum absolute atomic E-state index is 12.2. The maximum atomic E-state index is 12.2. The molecule has 0 spiro atoms. The Morgan fingerprint density at radius 1 is 1.04 bits per heavy atom. The number of rotatable bonds is 4. The van der Waals surface area contributed by atoms with Crippen LogP contribution in [0.2, 0.25) is 0 Å². The molecule has 1 aromatic carbocycles. The van der Waals surface area contributed by atoms with Crippen molar-refractivity contribution < 1.29 is 19.1 Å². The van der Waals surface area contributed by atoms with Crippen LogP contribution in [0.25, 0.3) is 0 Å². The number of fused-ring (bicyclic) bond motifs is 1. The van der Waals surface area contributed by atoms with Gasteiger partial charge < -0.3 is 14.4 Å². The third kappa shape index (κ3) is 5.27. The minimum absolute atomic E-state index is 0.182. The fourth-order valence-electron chi connectivity index (χ4n) is 4.36. The van der Waals surface area contributed by atoms with E-state index in [-0.39, 0.29) is 12.1 Å². The molecule has 5 nitrogen and oxygen atoms in total. The van der Waals surface area contributed by atoms with Crippen molar-refractivity contribution in [1.29, 1.82) is 0 Å². The molecule has 1 fully saturated rings. The Kier molecular flexibility index (Phi) is 6.31. The lowest BCUT2D eigenvalue weighted by molar-refractivity contribution is 0.0179. The highest BCUT2D eigenvalue weighted by Crippen LogP contribution is 2.33. The van der Waals surface area contributed by atoms with Crippen LogP contribution in [0, 0.1) is 11.8 Å². The van der Waals surface area contributed by atoms with E-state index < -0.39 is 5.60 Å². The van der Waals surface area contributed by atoms with Gasteiger partial charge in [0, 0.05) is 13.1 Å². The molecule has 1 unspecified atom stereocenters. The highest BCUT2D eigenvalue weighted by Gasteiger charge is 2.28. The molecule has 1 aliphatic heterocycles. The lowest BCUT2D eigenvalue weighted by Crippen LogP contribution is -2.41. The van der Waals surface area contributed by atoms with Crippen LogP contribution < -0.4 is 0 Å². The first-order valence-electron chi connectivity index (χ1n) is 10.4. The van der Waals surface area contributed by atoms with E-state index in [1.165, 1.54) is 31.1 Å². The summed E-state index contributed by atoms with van der Waals surface area (Å²) in [5.41, 5.74) is 2.89. The monoisotopic (exact) mass is 387 g/mol. The highest BCUT2D eigenvalue weighted by molar-refractivity contribution is 5.89. The van der Waals surface area contributed by atoms with Gasteiger partial charge in [-0.05, 0) is 88.0 Å². The normalized spacial score (nSPS) is 20.0. The molecule has 1 atom stereocenters. The van der Waals surface area contributed by atoms with Crippen molar-refractivity contribution in [1.82, 2.24) is 4.90 Å². The van der Waals surface area contributed by atoms with Crippen LogP contribution in [0.4, 0.5) is 4.79 Å². The van der Waals surface area contributed by atoms with Gasteiger partial charge in [0.05, 0.1) is 12.7 Å². The van der Waals surface area contributed by atoms with E-state index in [2.05, 4.69) is 6.07 Å². The molecular weight excluding hydrogens is 354 g/mol. The van der Waals surface area contributed by atoms with Crippen molar-refractivity contribution >= 4 is 12.1 Å². The second-order valence-electron chi connectivity index (χ2n) is 9.24. The van der Waals surface area contributed by atoms with Gasteiger partial charge in [0.15, 0.2) is 0 Å². The van der Waals surface area contributed by atoms with Crippen LogP contribution >= 0.6 is 0 Å². The third-order valence-electron chi connectivity index (χ3n) is 5.89. The van der Waals surface area contributed by atoms with Crippen LogP contribution in [-0.2, 0) is 22.3 Å². The van der Waals surface area contributed by atoms with Crippen LogP contribution in [0.3, 0.4) is 0 Å². The number of ether oxygens (including phenoxy) is 2. The number of carbonyl (C=O) groups excluding carboxylic acids is 2. The first-order chi connectivity index (χ1) is 13.2. The predicted octanol–water partition coefficient (Wildman–Crippen LogP) is 4.62. The van der Waals surface area contributed by atoms with Gasteiger partial charge in [0.1, 0.15) is 5.60 Å². The summed E-state index contributed by atoms with van der Waals surface area (Å²) >= 11 is 0. The van der Waals surface area contributed by atoms with E-state index in [1.54, 1.807) is 0 Å². The number of piperidine rings is 1. The van der Waals surface area contributed by atoms with Gasteiger partial charge in [-0.2, -0.15) is 0 Å². The smallest absolute Gasteiger partial charge is 0.410 e. The molecular formula is C23H33NO4. The average Bonchev–Trinajstić information content (AvgIpc) is 3.06. The van der Waals surface area contributed by atoms with Crippen LogP contribution in [0.15, 0.2) is 18.2 Å². The largest absolute Gasteiger partial charge is 0.465 e. The fraction of sp³-hybridized carbons (Fsp3) is 0.652. The Hall–Kier alpha value is -2.04. The summed E-state index contributed by atoms with van der Waals surface area (Å²) in [6, 6.07) is 5.96. The first kappa shape index (κ1) is 20.7. The number of benzene rings is 1. The molecule has 28 heavy (non-hydrogen) atoms. The summed E-state index contributed by atoms with van der Waals surface area (Å²) in [6.45, 7) is 7.32. The van der Waals surface area contributed by atoms with Crippen molar-refractivity contribution in [3.8, 4) is 0 Å².